The second-order valence-electron chi connectivity index (χ2n) is 7.05. The van der Waals surface area contributed by atoms with Crippen LogP contribution in [0.15, 0.2) is 89.5 Å². The zero-order valence-electron chi connectivity index (χ0n) is 15.2. The summed E-state index contributed by atoms with van der Waals surface area (Å²) in [6.07, 6.45) is 6.67. The van der Waals surface area contributed by atoms with E-state index < -0.39 is 7.92 Å². The first-order valence-corrected chi connectivity index (χ1v) is 10.6. The van der Waals surface area contributed by atoms with Gasteiger partial charge in [0.05, 0.1) is 6.04 Å². The Morgan fingerprint density at radius 3 is 2.12 bits per heavy atom. The maximum absolute atomic E-state index is 6.02. The van der Waals surface area contributed by atoms with Crippen molar-refractivity contribution in [3.63, 3.8) is 0 Å². The van der Waals surface area contributed by atoms with Gasteiger partial charge in [0.15, 0.2) is 0 Å². The lowest BCUT2D eigenvalue weighted by Crippen LogP contribution is -2.24. The molecule has 1 aliphatic heterocycles. The molecule has 3 heteroatoms. The van der Waals surface area contributed by atoms with Gasteiger partial charge in [-0.05, 0) is 24.4 Å². The van der Waals surface area contributed by atoms with Gasteiger partial charge in [-0.1, -0.05) is 92.7 Å². The number of allylic oxidation sites excluding steroid dienone is 3. The van der Waals surface area contributed by atoms with Gasteiger partial charge < -0.3 is 4.74 Å². The Morgan fingerprint density at radius 2 is 1.58 bits per heavy atom. The van der Waals surface area contributed by atoms with Gasteiger partial charge >= 0.3 is 0 Å². The quantitative estimate of drug-likeness (QED) is 0.722. The first-order valence-electron chi connectivity index (χ1n) is 9.23. The van der Waals surface area contributed by atoms with Gasteiger partial charge in [0.25, 0.3) is 0 Å². The molecule has 0 spiro atoms. The van der Waals surface area contributed by atoms with E-state index in [2.05, 4.69) is 92.7 Å². The standard InChI is InChI=1S/C23H24NOP/c1-17(2)21-16-25-23(24-21)20-14-9-15-22(20)26(18-10-5-3-6-11-18)19-12-7-4-8-13-19/h3-15,17,21-22H,16H2,1-2H3/t21-,22-/m0/s1. The van der Waals surface area contributed by atoms with Crippen LogP contribution < -0.4 is 10.6 Å². The predicted molar refractivity (Wildman–Crippen MR) is 112 cm³/mol. The lowest BCUT2D eigenvalue weighted by Gasteiger charge is -2.26. The van der Waals surface area contributed by atoms with Crippen LogP contribution in [0.2, 0.25) is 0 Å². The summed E-state index contributed by atoms with van der Waals surface area (Å²) in [5.74, 6) is 1.35. The van der Waals surface area contributed by atoms with E-state index in [0.717, 1.165) is 5.90 Å². The Labute approximate surface area is 157 Å². The first kappa shape index (κ1) is 17.2. The summed E-state index contributed by atoms with van der Waals surface area (Å²) in [5.41, 5.74) is 1.53. The molecular formula is C23H24NOP. The number of nitrogens with zero attached hydrogens (tertiary/aromatic N) is 1. The molecule has 2 aromatic rings. The van der Waals surface area contributed by atoms with Crippen LogP contribution in [0.5, 0.6) is 0 Å². The molecule has 2 aliphatic rings. The summed E-state index contributed by atoms with van der Waals surface area (Å²) < 4.78 is 6.02. The van der Waals surface area contributed by atoms with E-state index in [1.165, 1.54) is 16.2 Å². The lowest BCUT2D eigenvalue weighted by molar-refractivity contribution is 0.291. The highest BCUT2D eigenvalue weighted by atomic mass is 31.1. The molecule has 2 aromatic carbocycles. The highest BCUT2D eigenvalue weighted by Crippen LogP contribution is 2.46. The first-order chi connectivity index (χ1) is 12.7. The van der Waals surface area contributed by atoms with Crippen LogP contribution in [0, 0.1) is 5.92 Å². The van der Waals surface area contributed by atoms with Crippen molar-refractivity contribution in [1.29, 1.82) is 0 Å². The van der Waals surface area contributed by atoms with E-state index >= 15 is 0 Å². The molecule has 0 amide bonds. The van der Waals surface area contributed by atoms with Gasteiger partial charge in [0.1, 0.15) is 6.61 Å². The lowest BCUT2D eigenvalue weighted by atomic mass is 10.1. The maximum Gasteiger partial charge on any atom is 0.213 e. The van der Waals surface area contributed by atoms with E-state index in [9.17, 15) is 0 Å². The Kier molecular flexibility index (Phi) is 5.04. The number of benzene rings is 2. The highest BCUT2D eigenvalue weighted by molar-refractivity contribution is 7.74. The molecule has 0 unspecified atom stereocenters. The Bertz CT molecular complexity index is 800. The van der Waals surface area contributed by atoms with Crippen LogP contribution in [-0.2, 0) is 4.74 Å². The van der Waals surface area contributed by atoms with Crippen LogP contribution >= 0.6 is 7.92 Å². The fourth-order valence-electron chi connectivity index (χ4n) is 3.43. The zero-order valence-corrected chi connectivity index (χ0v) is 16.1. The van der Waals surface area contributed by atoms with E-state index in [1.807, 2.05) is 0 Å². The minimum absolute atomic E-state index is 0.270. The van der Waals surface area contributed by atoms with E-state index in [4.69, 9.17) is 9.73 Å². The molecule has 0 aromatic heterocycles. The molecule has 4 rings (SSSR count). The molecule has 2 atom stereocenters. The molecule has 0 saturated heterocycles. The number of aliphatic imine (C=N–C) groups is 1. The number of ether oxygens (including phenoxy) is 1. The molecule has 2 nitrogen and oxygen atoms in total. The molecule has 0 bridgehead atoms. The zero-order chi connectivity index (χ0) is 17.9. The van der Waals surface area contributed by atoms with Gasteiger partial charge in [-0.15, -0.1) is 0 Å². The van der Waals surface area contributed by atoms with Crippen LogP contribution in [0.3, 0.4) is 0 Å². The van der Waals surface area contributed by atoms with Crippen molar-refractivity contribution in [3.8, 4) is 0 Å². The minimum Gasteiger partial charge on any atom is -0.475 e. The largest absolute Gasteiger partial charge is 0.475 e. The normalized spacial score (nSPS) is 21.8. The van der Waals surface area contributed by atoms with E-state index in [0.29, 0.717) is 18.2 Å². The Balaban J connectivity index is 1.71. The van der Waals surface area contributed by atoms with Crippen molar-refractivity contribution in [2.24, 2.45) is 10.9 Å². The van der Waals surface area contributed by atoms with Gasteiger partial charge in [0.2, 0.25) is 5.90 Å². The SMILES string of the molecule is CC(C)[C@@H]1COC(C2=CC=C[C@@H]2P(c2ccccc2)c2ccccc2)=N1. The number of hydrogen-bond donors (Lipinski definition) is 0. The third-order valence-corrected chi connectivity index (χ3v) is 7.64. The van der Waals surface area contributed by atoms with Crippen LogP contribution in [0.25, 0.3) is 0 Å². The highest BCUT2D eigenvalue weighted by Gasteiger charge is 2.33. The third-order valence-electron chi connectivity index (χ3n) is 4.93. The molecule has 26 heavy (non-hydrogen) atoms. The average molecular weight is 361 g/mol. The number of rotatable bonds is 5. The van der Waals surface area contributed by atoms with Gasteiger partial charge in [0, 0.05) is 11.2 Å². The van der Waals surface area contributed by atoms with E-state index in [-0.39, 0.29) is 6.04 Å². The van der Waals surface area contributed by atoms with Crippen LogP contribution in [0.1, 0.15) is 13.8 Å². The molecule has 0 saturated carbocycles. The van der Waals surface area contributed by atoms with Crippen molar-refractivity contribution in [2.75, 3.05) is 6.61 Å². The summed E-state index contributed by atoms with van der Waals surface area (Å²) in [5, 5.41) is 2.77. The third kappa shape index (κ3) is 3.39. The summed E-state index contributed by atoms with van der Waals surface area (Å²) >= 11 is 0. The molecular weight excluding hydrogens is 337 g/mol. The Morgan fingerprint density at radius 1 is 0.962 bits per heavy atom. The Hall–Kier alpha value is -2.18. The van der Waals surface area contributed by atoms with Crippen LogP contribution in [0.4, 0.5) is 0 Å². The van der Waals surface area contributed by atoms with Crippen molar-refractivity contribution in [1.82, 2.24) is 0 Å². The molecule has 1 aliphatic carbocycles. The van der Waals surface area contributed by atoms with Crippen LogP contribution in [-0.4, -0.2) is 24.2 Å². The maximum atomic E-state index is 6.02. The fourth-order valence-corrected chi connectivity index (χ4v) is 6.10. The topological polar surface area (TPSA) is 21.6 Å². The van der Waals surface area contributed by atoms with Crippen molar-refractivity contribution in [2.45, 2.75) is 25.5 Å². The van der Waals surface area contributed by atoms with E-state index in [1.54, 1.807) is 0 Å². The molecule has 0 radical (unpaired) electrons. The summed E-state index contributed by atoms with van der Waals surface area (Å²) in [7, 11) is -0.553. The summed E-state index contributed by atoms with van der Waals surface area (Å²) in [6, 6.07) is 22.0. The molecule has 0 fully saturated rings. The molecule has 1 heterocycles. The monoisotopic (exact) mass is 361 g/mol. The second-order valence-corrected chi connectivity index (χ2v) is 9.38. The van der Waals surface area contributed by atoms with Gasteiger partial charge in [-0.2, -0.15) is 0 Å². The van der Waals surface area contributed by atoms with Crippen molar-refractivity contribution < 1.29 is 4.74 Å². The predicted octanol–water partition coefficient (Wildman–Crippen LogP) is 4.44. The summed E-state index contributed by atoms with van der Waals surface area (Å²) in [4.78, 5) is 4.89. The molecule has 0 N–H and O–H groups in total. The smallest absolute Gasteiger partial charge is 0.213 e. The van der Waals surface area contributed by atoms with Gasteiger partial charge in [-0.3, -0.25) is 0 Å². The van der Waals surface area contributed by atoms with Crippen molar-refractivity contribution >= 4 is 24.4 Å². The van der Waals surface area contributed by atoms with Gasteiger partial charge in [-0.25, -0.2) is 4.99 Å². The number of hydrogen-bond acceptors (Lipinski definition) is 2. The minimum atomic E-state index is -0.553. The average Bonchev–Trinajstić information content (AvgIpc) is 3.33. The van der Waals surface area contributed by atoms with Crippen molar-refractivity contribution in [3.05, 3.63) is 84.5 Å². The summed E-state index contributed by atoms with van der Waals surface area (Å²) in [6.45, 7) is 5.12. The second kappa shape index (κ2) is 7.60. The fraction of sp³-hybridized carbons (Fsp3) is 0.261. The molecule has 132 valence electrons.